The van der Waals surface area contributed by atoms with Gasteiger partial charge < -0.3 is 10.2 Å². The van der Waals surface area contributed by atoms with Crippen LogP contribution < -0.4 is 5.32 Å². The van der Waals surface area contributed by atoms with E-state index in [0.29, 0.717) is 11.1 Å². The fraction of sp³-hybridized carbons (Fsp3) is 0.529. The molecule has 0 fully saturated rings. The SMILES string of the molecule is CCN(CC)CCC[C@H](C)Nc1ncnc2cc(Cl)ccc12. The van der Waals surface area contributed by atoms with Crippen molar-refractivity contribution in [3.05, 3.63) is 29.5 Å². The van der Waals surface area contributed by atoms with E-state index < -0.39 is 0 Å². The van der Waals surface area contributed by atoms with Gasteiger partial charge in [-0.2, -0.15) is 0 Å². The number of hydrogen-bond acceptors (Lipinski definition) is 4. The third-order valence-corrected chi connectivity index (χ3v) is 4.22. The molecule has 0 saturated heterocycles. The van der Waals surface area contributed by atoms with Gasteiger partial charge in [-0.25, -0.2) is 9.97 Å². The number of hydrogen-bond donors (Lipinski definition) is 1. The highest BCUT2D eigenvalue weighted by atomic mass is 35.5. The van der Waals surface area contributed by atoms with Gasteiger partial charge in [0.05, 0.1) is 5.52 Å². The zero-order valence-electron chi connectivity index (χ0n) is 13.6. The summed E-state index contributed by atoms with van der Waals surface area (Å²) in [4.78, 5) is 11.1. The minimum Gasteiger partial charge on any atom is -0.367 e. The van der Waals surface area contributed by atoms with Gasteiger partial charge in [0, 0.05) is 16.5 Å². The van der Waals surface area contributed by atoms with Crippen molar-refractivity contribution < 1.29 is 0 Å². The molecule has 0 radical (unpaired) electrons. The Morgan fingerprint density at radius 2 is 2.00 bits per heavy atom. The van der Waals surface area contributed by atoms with Crippen molar-refractivity contribution in [3.63, 3.8) is 0 Å². The molecule has 0 unspecified atom stereocenters. The molecule has 120 valence electrons. The molecular formula is C17H25ClN4. The minimum absolute atomic E-state index is 0.379. The fourth-order valence-electron chi connectivity index (χ4n) is 2.61. The van der Waals surface area contributed by atoms with Crippen LogP contribution in [-0.2, 0) is 0 Å². The summed E-state index contributed by atoms with van der Waals surface area (Å²) in [6, 6.07) is 6.10. The van der Waals surface area contributed by atoms with Gasteiger partial charge in [-0.1, -0.05) is 25.4 Å². The Morgan fingerprint density at radius 3 is 2.73 bits per heavy atom. The summed E-state index contributed by atoms with van der Waals surface area (Å²) in [5, 5.41) is 5.22. The molecule has 2 aromatic rings. The molecule has 0 bridgehead atoms. The van der Waals surface area contributed by atoms with Gasteiger partial charge in [0.2, 0.25) is 0 Å². The molecule has 1 N–H and O–H groups in total. The second-order valence-corrected chi connectivity index (χ2v) is 6.03. The van der Waals surface area contributed by atoms with Crippen molar-refractivity contribution >= 4 is 28.3 Å². The summed E-state index contributed by atoms with van der Waals surface area (Å²) in [6.45, 7) is 10.0. The Balaban J connectivity index is 1.95. The van der Waals surface area contributed by atoms with E-state index in [1.807, 2.05) is 18.2 Å². The van der Waals surface area contributed by atoms with E-state index in [0.717, 1.165) is 42.8 Å². The molecule has 0 aliphatic carbocycles. The number of rotatable bonds is 8. The Hall–Kier alpha value is -1.39. The highest BCUT2D eigenvalue weighted by Crippen LogP contribution is 2.23. The molecule has 1 aromatic carbocycles. The summed E-state index contributed by atoms with van der Waals surface area (Å²) in [5.41, 5.74) is 0.875. The van der Waals surface area contributed by atoms with Gasteiger partial charge in [-0.15, -0.1) is 0 Å². The fourth-order valence-corrected chi connectivity index (χ4v) is 2.78. The van der Waals surface area contributed by atoms with Crippen LogP contribution in [0.25, 0.3) is 10.9 Å². The third kappa shape index (κ3) is 4.55. The maximum absolute atomic E-state index is 6.02. The number of benzene rings is 1. The van der Waals surface area contributed by atoms with Gasteiger partial charge >= 0.3 is 0 Å². The van der Waals surface area contributed by atoms with Gasteiger partial charge in [0.15, 0.2) is 0 Å². The topological polar surface area (TPSA) is 41.0 Å². The van der Waals surface area contributed by atoms with Crippen LogP contribution in [0.4, 0.5) is 5.82 Å². The van der Waals surface area contributed by atoms with Crippen molar-refractivity contribution in [2.75, 3.05) is 25.0 Å². The van der Waals surface area contributed by atoms with Gasteiger partial charge in [-0.05, 0) is 57.6 Å². The summed E-state index contributed by atoms with van der Waals surface area (Å²) in [6.07, 6.45) is 3.89. The number of nitrogens with zero attached hydrogens (tertiary/aromatic N) is 3. The van der Waals surface area contributed by atoms with Crippen molar-refractivity contribution in [1.29, 1.82) is 0 Å². The van der Waals surface area contributed by atoms with Gasteiger partial charge in [0.25, 0.3) is 0 Å². The molecule has 22 heavy (non-hydrogen) atoms. The summed E-state index contributed by atoms with van der Waals surface area (Å²) < 4.78 is 0. The molecule has 4 nitrogen and oxygen atoms in total. The Morgan fingerprint density at radius 1 is 1.23 bits per heavy atom. The zero-order chi connectivity index (χ0) is 15.9. The lowest BCUT2D eigenvalue weighted by Crippen LogP contribution is -2.25. The third-order valence-electron chi connectivity index (χ3n) is 3.99. The molecule has 2 rings (SSSR count). The van der Waals surface area contributed by atoms with E-state index in [9.17, 15) is 0 Å². The van der Waals surface area contributed by atoms with E-state index >= 15 is 0 Å². The Kier molecular flexibility index (Phi) is 6.40. The molecule has 0 aliphatic heterocycles. The van der Waals surface area contributed by atoms with E-state index in [-0.39, 0.29) is 0 Å². The summed E-state index contributed by atoms with van der Waals surface area (Å²) in [5.74, 6) is 0.886. The van der Waals surface area contributed by atoms with Crippen LogP contribution in [0.5, 0.6) is 0 Å². The predicted molar refractivity (Wildman–Crippen MR) is 94.7 cm³/mol. The number of halogens is 1. The lowest BCUT2D eigenvalue weighted by Gasteiger charge is -2.20. The van der Waals surface area contributed by atoms with Crippen molar-refractivity contribution in [1.82, 2.24) is 14.9 Å². The van der Waals surface area contributed by atoms with E-state index in [2.05, 4.69) is 41.0 Å². The van der Waals surface area contributed by atoms with Crippen LogP contribution in [0.2, 0.25) is 5.02 Å². The molecule has 1 aromatic heterocycles. The van der Waals surface area contributed by atoms with Crippen LogP contribution in [0, 0.1) is 0 Å². The average Bonchev–Trinajstić information content (AvgIpc) is 2.51. The van der Waals surface area contributed by atoms with E-state index in [4.69, 9.17) is 11.6 Å². The summed E-state index contributed by atoms with van der Waals surface area (Å²) in [7, 11) is 0. The number of anilines is 1. The zero-order valence-corrected chi connectivity index (χ0v) is 14.4. The first-order valence-electron chi connectivity index (χ1n) is 8.03. The highest BCUT2D eigenvalue weighted by molar-refractivity contribution is 6.31. The highest BCUT2D eigenvalue weighted by Gasteiger charge is 2.08. The molecule has 0 aliphatic rings. The minimum atomic E-state index is 0.379. The summed E-state index contributed by atoms with van der Waals surface area (Å²) >= 11 is 6.02. The molecular weight excluding hydrogens is 296 g/mol. The van der Waals surface area contributed by atoms with E-state index in [1.54, 1.807) is 6.33 Å². The van der Waals surface area contributed by atoms with Gasteiger partial charge in [-0.3, -0.25) is 0 Å². The number of nitrogens with one attached hydrogen (secondary N) is 1. The van der Waals surface area contributed by atoms with Crippen LogP contribution in [-0.4, -0.2) is 40.5 Å². The molecule has 0 saturated carbocycles. The number of aromatic nitrogens is 2. The van der Waals surface area contributed by atoms with E-state index in [1.165, 1.54) is 6.42 Å². The predicted octanol–water partition coefficient (Wildman–Crippen LogP) is 4.21. The average molecular weight is 321 g/mol. The monoisotopic (exact) mass is 320 g/mol. The molecule has 0 amide bonds. The number of fused-ring (bicyclic) bond motifs is 1. The molecule has 0 spiro atoms. The quantitative estimate of drug-likeness (QED) is 0.791. The first kappa shape index (κ1) is 17.0. The normalized spacial score (nSPS) is 12.8. The largest absolute Gasteiger partial charge is 0.367 e. The smallest absolute Gasteiger partial charge is 0.137 e. The second-order valence-electron chi connectivity index (χ2n) is 5.60. The van der Waals surface area contributed by atoms with Crippen molar-refractivity contribution in [2.24, 2.45) is 0 Å². The first-order chi connectivity index (χ1) is 10.6. The van der Waals surface area contributed by atoms with Gasteiger partial charge in [0.1, 0.15) is 12.1 Å². The van der Waals surface area contributed by atoms with Crippen LogP contribution in [0.3, 0.4) is 0 Å². The lowest BCUT2D eigenvalue weighted by atomic mass is 10.1. The first-order valence-corrected chi connectivity index (χ1v) is 8.41. The lowest BCUT2D eigenvalue weighted by molar-refractivity contribution is 0.295. The molecule has 1 atom stereocenters. The van der Waals surface area contributed by atoms with Crippen LogP contribution >= 0.6 is 11.6 Å². The Bertz CT molecular complexity index is 598. The Labute approximate surface area is 137 Å². The maximum atomic E-state index is 6.02. The van der Waals surface area contributed by atoms with Crippen molar-refractivity contribution in [3.8, 4) is 0 Å². The van der Waals surface area contributed by atoms with Crippen LogP contribution in [0.1, 0.15) is 33.6 Å². The van der Waals surface area contributed by atoms with Crippen LogP contribution in [0.15, 0.2) is 24.5 Å². The molecule has 1 heterocycles. The standard InChI is InChI=1S/C17H25ClN4/c1-4-22(5-2)10-6-7-13(3)21-17-15-9-8-14(18)11-16(15)19-12-20-17/h8-9,11-13H,4-7,10H2,1-3H3,(H,19,20,21)/t13-/m0/s1. The van der Waals surface area contributed by atoms with Crippen molar-refractivity contribution in [2.45, 2.75) is 39.7 Å². The second kappa shape index (κ2) is 8.30. The molecule has 5 heteroatoms. The maximum Gasteiger partial charge on any atom is 0.137 e.